The molecule has 8 heterocycles. The fourth-order valence-corrected chi connectivity index (χ4v) is 13.9. The maximum atomic E-state index is 14.8. The Balaban J connectivity index is 0.000000215. The predicted molar refractivity (Wildman–Crippen MR) is 334 cm³/mol. The highest BCUT2D eigenvalue weighted by Crippen LogP contribution is 2.43. The minimum Gasteiger partial charge on any atom is -0.481 e. The van der Waals surface area contributed by atoms with Crippen molar-refractivity contribution in [1.82, 2.24) is 50.0 Å². The molecule has 2 aromatic carbocycles. The molecule has 0 spiro atoms. The first-order valence-corrected chi connectivity index (χ1v) is 31.7. The van der Waals surface area contributed by atoms with Crippen LogP contribution in [0.5, 0.6) is 0 Å². The Morgan fingerprint density at radius 3 is 1.54 bits per heavy atom. The van der Waals surface area contributed by atoms with Crippen LogP contribution in [0.4, 0.5) is 18.4 Å². The summed E-state index contributed by atoms with van der Waals surface area (Å²) in [5.74, 6) is -3.18. The number of nitrogens with one attached hydrogen (secondary N) is 2. The van der Waals surface area contributed by atoms with Crippen LogP contribution in [-0.4, -0.2) is 211 Å². The number of piperazine rings is 2. The zero-order valence-electron chi connectivity index (χ0n) is 52.6. The third-order valence-corrected chi connectivity index (χ3v) is 19.2. The number of aliphatic hydroxyl groups is 1. The Morgan fingerprint density at radius 2 is 1.12 bits per heavy atom. The first-order chi connectivity index (χ1) is 43.0. The van der Waals surface area contributed by atoms with Crippen molar-refractivity contribution in [2.75, 3.05) is 91.8 Å². The van der Waals surface area contributed by atoms with Crippen LogP contribution in [0, 0.1) is 47.6 Å². The lowest BCUT2D eigenvalue weighted by atomic mass is 9.79. The molecule has 5 N–H and O–H groups in total. The van der Waals surface area contributed by atoms with Crippen LogP contribution in [0.1, 0.15) is 106 Å². The van der Waals surface area contributed by atoms with Crippen molar-refractivity contribution in [3.05, 3.63) is 126 Å². The average Bonchev–Trinajstić information content (AvgIpc) is 1.64. The molecule has 4 amide bonds. The summed E-state index contributed by atoms with van der Waals surface area (Å²) in [6, 6.07) is 9.25. The quantitative estimate of drug-likeness (QED) is 0.0591. The number of thiazole rings is 2. The molecule has 10 rings (SSSR count). The Hall–Kier alpha value is -8.23. The molecular formula is C63H77F2N13O11S2. The van der Waals surface area contributed by atoms with Crippen molar-refractivity contribution >= 4 is 70.3 Å². The highest BCUT2D eigenvalue weighted by atomic mass is 32.1. The monoisotopic (exact) mass is 1290 g/mol. The van der Waals surface area contributed by atoms with Crippen molar-refractivity contribution in [2.45, 2.75) is 104 Å². The highest BCUT2D eigenvalue weighted by Gasteiger charge is 2.61. The lowest BCUT2D eigenvalue weighted by Gasteiger charge is -2.52. The van der Waals surface area contributed by atoms with Crippen LogP contribution in [0.15, 0.2) is 92.1 Å². The summed E-state index contributed by atoms with van der Waals surface area (Å²) in [6.45, 7) is 19.3. The number of hydrogen-bond acceptors (Lipinski definition) is 20. The third kappa shape index (κ3) is 13.4. The number of aliphatic imine (C=N–C) groups is 2. The number of amidine groups is 2. The van der Waals surface area contributed by atoms with Gasteiger partial charge in [-0.2, -0.15) is 5.26 Å². The number of fused-ring (bicyclic) bond motifs is 2. The molecule has 6 aliphatic rings. The van der Waals surface area contributed by atoms with E-state index in [0.29, 0.717) is 81.5 Å². The zero-order valence-corrected chi connectivity index (χ0v) is 54.3. The summed E-state index contributed by atoms with van der Waals surface area (Å²) >= 11 is 2.74. The number of carboxylic acids is 2. The predicted octanol–water partition coefficient (Wildman–Crippen LogP) is 6.49. The normalized spacial score (nSPS) is 22.3. The molecule has 4 aromatic rings. The van der Waals surface area contributed by atoms with Crippen molar-refractivity contribution in [3.8, 4) is 6.07 Å². The molecule has 4 fully saturated rings. The highest BCUT2D eigenvalue weighted by molar-refractivity contribution is 7.12. The first kappa shape index (κ1) is 67.2. The van der Waals surface area contributed by atoms with Gasteiger partial charge in [-0.1, -0.05) is 24.3 Å². The van der Waals surface area contributed by atoms with Crippen LogP contribution in [-0.2, 0) is 28.7 Å². The van der Waals surface area contributed by atoms with Crippen molar-refractivity contribution in [3.63, 3.8) is 0 Å². The van der Waals surface area contributed by atoms with Gasteiger partial charge < -0.3 is 55.0 Å². The molecule has 6 aliphatic heterocycles. The van der Waals surface area contributed by atoms with Crippen LogP contribution in [0.25, 0.3) is 0 Å². The molecule has 486 valence electrons. The fraction of sp³-hybridized carbons (Fsp3) is 0.508. The van der Waals surface area contributed by atoms with Gasteiger partial charge in [-0.05, 0) is 104 Å². The summed E-state index contributed by atoms with van der Waals surface area (Å²) in [5, 5.41) is 52.3. The molecule has 0 aliphatic carbocycles. The number of nitriles is 1. The molecule has 4 saturated heterocycles. The van der Waals surface area contributed by atoms with Gasteiger partial charge in [-0.25, -0.2) is 37.9 Å². The standard InChI is InChI=1S/C32H41FN6O6S.C31H36FN7O5S/c1-7-45-27(40)23-22(35-25(26-34-11-14-46-26)36-24(23)20-9-8-10-21(33)19(20)2)15-37-12-13-39-29(43)38(16-30(3,4)28(41)42)18-32(39,17-37)31(5,6)44;1-5-44-27(40)23-22(35-25(26-34-11-14-45-26)36-24(23)20-7-6-8-21(32)19(20)2)15-37-12-13-39-29(43)38(16-30(3,4)28(41)42)18-31(39,17-37)9-10-33/h8-11,14,24,44H,7,12-13,15-18H2,1-6H3,(H,35,36)(H,41,42);6-8,11,14,24H,5,9,12-13,15-18H2,1-4H3,(H,35,36)(H,41,42). The van der Waals surface area contributed by atoms with Gasteiger partial charge in [0, 0.05) is 113 Å². The van der Waals surface area contributed by atoms with Gasteiger partial charge >= 0.3 is 35.9 Å². The van der Waals surface area contributed by atoms with Crippen LogP contribution in [0.3, 0.4) is 0 Å². The van der Waals surface area contributed by atoms with E-state index in [0.717, 1.165) is 0 Å². The number of carboxylic acid groups (broad SMARTS) is 2. The number of halogens is 2. The molecular weight excluding hydrogens is 1220 g/mol. The second kappa shape index (κ2) is 26.5. The number of benzene rings is 2. The smallest absolute Gasteiger partial charge is 0.338 e. The molecule has 28 heteroatoms. The van der Waals surface area contributed by atoms with Gasteiger partial charge in [0.05, 0.1) is 58.8 Å². The third-order valence-electron chi connectivity index (χ3n) is 17.7. The van der Waals surface area contributed by atoms with Crippen LogP contribution < -0.4 is 10.6 Å². The molecule has 0 saturated carbocycles. The number of esters is 2. The van der Waals surface area contributed by atoms with Gasteiger partial charge in [-0.15, -0.1) is 22.7 Å². The van der Waals surface area contributed by atoms with Gasteiger partial charge in [0.15, 0.2) is 21.7 Å². The van der Waals surface area contributed by atoms with Gasteiger partial charge in [-0.3, -0.25) is 29.4 Å². The number of amides is 4. The van der Waals surface area contributed by atoms with Gasteiger partial charge in [0.25, 0.3) is 0 Å². The summed E-state index contributed by atoms with van der Waals surface area (Å²) < 4.78 is 40.6. The minimum atomic E-state index is -1.36. The van der Waals surface area contributed by atoms with E-state index in [1.54, 1.807) is 116 Å². The number of aliphatic carboxylic acids is 2. The summed E-state index contributed by atoms with van der Waals surface area (Å²) in [6.07, 6.45) is 3.35. The number of nitrogens with zero attached hydrogens (tertiary/aromatic N) is 11. The first-order valence-electron chi connectivity index (χ1n) is 29.9. The Bertz CT molecular complexity index is 3660. The van der Waals surface area contributed by atoms with E-state index in [9.17, 15) is 58.1 Å². The van der Waals surface area contributed by atoms with Crippen LogP contribution >= 0.6 is 22.7 Å². The molecule has 91 heavy (non-hydrogen) atoms. The van der Waals surface area contributed by atoms with E-state index in [2.05, 4.69) is 36.5 Å². The topological polar surface area (TPSA) is 299 Å². The van der Waals surface area contributed by atoms with E-state index < -0.39 is 75.1 Å². The second-order valence-electron chi connectivity index (χ2n) is 25.3. The largest absolute Gasteiger partial charge is 0.481 e. The Morgan fingerprint density at radius 1 is 0.681 bits per heavy atom. The van der Waals surface area contributed by atoms with E-state index in [-0.39, 0.29) is 95.2 Å². The van der Waals surface area contributed by atoms with E-state index in [4.69, 9.17) is 19.5 Å². The maximum absolute atomic E-state index is 14.8. The molecule has 0 radical (unpaired) electrons. The van der Waals surface area contributed by atoms with Crippen molar-refractivity contribution in [1.29, 1.82) is 5.26 Å². The Kier molecular flexibility index (Phi) is 19.6. The minimum absolute atomic E-state index is 0.00681. The summed E-state index contributed by atoms with van der Waals surface area (Å²) in [5.41, 5.74) is -2.40. The maximum Gasteiger partial charge on any atom is 0.338 e. The number of hydrogen-bond donors (Lipinski definition) is 5. The van der Waals surface area contributed by atoms with Gasteiger partial charge in [0.2, 0.25) is 0 Å². The number of ether oxygens (including phenoxy) is 2. The lowest BCUT2D eigenvalue weighted by molar-refractivity contribution is -0.148. The fourth-order valence-electron chi connectivity index (χ4n) is 12.7. The molecule has 24 nitrogen and oxygen atoms in total. The van der Waals surface area contributed by atoms with E-state index in [1.807, 2.05) is 10.8 Å². The Labute approximate surface area is 534 Å². The average molecular weight is 1290 g/mol. The second-order valence-corrected chi connectivity index (χ2v) is 27.1. The van der Waals surface area contributed by atoms with E-state index in [1.165, 1.54) is 44.6 Å². The number of urea groups is 2. The van der Waals surface area contributed by atoms with Crippen molar-refractivity contribution < 1.29 is 62.3 Å². The van der Waals surface area contributed by atoms with Crippen LogP contribution in [0.2, 0.25) is 0 Å². The molecule has 2 aromatic heterocycles. The summed E-state index contributed by atoms with van der Waals surface area (Å²) in [4.78, 5) is 107. The number of carbonyl (C=O) groups is 6. The molecule has 4 atom stereocenters. The van der Waals surface area contributed by atoms with Crippen molar-refractivity contribution in [2.24, 2.45) is 20.8 Å². The molecule has 4 unspecified atom stereocenters. The lowest BCUT2D eigenvalue weighted by Crippen LogP contribution is -2.70. The number of carbonyl (C=O) groups excluding carboxylic acids is 4. The summed E-state index contributed by atoms with van der Waals surface area (Å²) in [7, 11) is 0. The molecule has 0 bridgehead atoms. The number of aromatic nitrogens is 2. The van der Waals surface area contributed by atoms with Gasteiger partial charge in [0.1, 0.15) is 29.3 Å². The zero-order chi connectivity index (χ0) is 66.1. The SMILES string of the molecule is CCOC(=O)C1=C(CN2CCN3C(=O)N(CC(C)(C)C(=O)O)CC3(C(C)(C)O)C2)NC(c2nccs2)=NC1c1cccc(F)c1C.CCOC(=O)C1=C(CN2CCN3C(=O)N(CC(C)(C)C(=O)O)CC3(CC#N)C2)NC(c2nccs2)=NC1c1cccc(F)c1C. The van der Waals surface area contributed by atoms with E-state index >= 15 is 0 Å². The number of rotatable bonds is 20.